The van der Waals surface area contributed by atoms with Gasteiger partial charge in [-0.3, -0.25) is 9.59 Å². The van der Waals surface area contributed by atoms with Crippen LogP contribution in [0.1, 0.15) is 12.5 Å². The van der Waals surface area contributed by atoms with Crippen molar-refractivity contribution in [1.29, 1.82) is 0 Å². The summed E-state index contributed by atoms with van der Waals surface area (Å²) in [6.07, 6.45) is 0.801. The Hall–Kier alpha value is -2.27. The Labute approximate surface area is 177 Å². The van der Waals surface area contributed by atoms with Gasteiger partial charge >= 0.3 is 5.97 Å². The number of aryl methyl sites for hydroxylation is 1. The molecule has 1 atom stereocenters. The van der Waals surface area contributed by atoms with E-state index in [2.05, 4.69) is 26.0 Å². The fourth-order valence-electron chi connectivity index (χ4n) is 2.33. The highest BCUT2D eigenvalue weighted by molar-refractivity contribution is 9.10. The SMILES string of the molecule is CCc1cccc(NC(=O)COC(=O)C(CO)NS(=O)(=O)c2ccc(Br)cc2)c1. The summed E-state index contributed by atoms with van der Waals surface area (Å²) >= 11 is 3.20. The molecule has 3 N–H and O–H groups in total. The van der Waals surface area contributed by atoms with Gasteiger partial charge in [0.2, 0.25) is 10.0 Å². The highest BCUT2D eigenvalue weighted by Crippen LogP contribution is 2.15. The van der Waals surface area contributed by atoms with Crippen LogP contribution in [-0.2, 0) is 30.8 Å². The van der Waals surface area contributed by atoms with E-state index in [4.69, 9.17) is 4.74 Å². The lowest BCUT2D eigenvalue weighted by Crippen LogP contribution is -2.44. The van der Waals surface area contributed by atoms with Gasteiger partial charge in [-0.05, 0) is 48.4 Å². The van der Waals surface area contributed by atoms with Crippen LogP contribution in [0.25, 0.3) is 0 Å². The van der Waals surface area contributed by atoms with Gasteiger partial charge in [0.25, 0.3) is 5.91 Å². The molecule has 0 radical (unpaired) electrons. The largest absolute Gasteiger partial charge is 0.454 e. The second-order valence-electron chi connectivity index (χ2n) is 6.02. The Morgan fingerprint density at radius 3 is 2.48 bits per heavy atom. The normalized spacial score (nSPS) is 12.2. The molecular formula is C19H21BrN2O6S. The summed E-state index contributed by atoms with van der Waals surface area (Å²) in [7, 11) is -4.06. The van der Waals surface area contributed by atoms with Crippen LogP contribution in [0.2, 0.25) is 0 Å². The number of sulfonamides is 1. The van der Waals surface area contributed by atoms with Gasteiger partial charge in [0.05, 0.1) is 11.5 Å². The van der Waals surface area contributed by atoms with Crippen molar-refractivity contribution in [3.63, 3.8) is 0 Å². The molecule has 0 saturated heterocycles. The summed E-state index contributed by atoms with van der Waals surface area (Å²) in [5.41, 5.74) is 1.59. The van der Waals surface area contributed by atoms with Crippen molar-refractivity contribution in [3.05, 3.63) is 58.6 Å². The van der Waals surface area contributed by atoms with Gasteiger partial charge in [-0.2, -0.15) is 4.72 Å². The minimum Gasteiger partial charge on any atom is -0.454 e. The fraction of sp³-hybridized carbons (Fsp3) is 0.263. The maximum atomic E-state index is 12.3. The molecule has 0 heterocycles. The lowest BCUT2D eigenvalue weighted by atomic mass is 10.1. The lowest BCUT2D eigenvalue weighted by Gasteiger charge is -2.15. The summed E-state index contributed by atoms with van der Waals surface area (Å²) in [4.78, 5) is 24.0. The zero-order chi connectivity index (χ0) is 21.4. The highest BCUT2D eigenvalue weighted by atomic mass is 79.9. The molecule has 0 aliphatic carbocycles. The Kier molecular flexibility index (Phi) is 8.32. The first-order valence-electron chi connectivity index (χ1n) is 8.69. The summed E-state index contributed by atoms with van der Waals surface area (Å²) in [5, 5.41) is 12.0. The van der Waals surface area contributed by atoms with E-state index in [1.54, 1.807) is 18.2 Å². The fourth-order valence-corrected chi connectivity index (χ4v) is 3.77. The highest BCUT2D eigenvalue weighted by Gasteiger charge is 2.27. The van der Waals surface area contributed by atoms with Gasteiger partial charge < -0.3 is 15.2 Å². The van der Waals surface area contributed by atoms with Crippen LogP contribution < -0.4 is 10.0 Å². The van der Waals surface area contributed by atoms with Crippen LogP contribution in [0.5, 0.6) is 0 Å². The van der Waals surface area contributed by atoms with E-state index in [0.29, 0.717) is 10.2 Å². The first-order valence-corrected chi connectivity index (χ1v) is 11.0. The number of anilines is 1. The predicted molar refractivity (Wildman–Crippen MR) is 111 cm³/mol. The number of aliphatic hydroxyl groups is 1. The van der Waals surface area contributed by atoms with Gasteiger partial charge in [-0.25, -0.2) is 8.42 Å². The van der Waals surface area contributed by atoms with E-state index < -0.39 is 41.2 Å². The van der Waals surface area contributed by atoms with Gasteiger partial charge in [-0.1, -0.05) is 35.0 Å². The molecule has 156 valence electrons. The van der Waals surface area contributed by atoms with Gasteiger partial charge in [-0.15, -0.1) is 0 Å². The van der Waals surface area contributed by atoms with Crippen molar-refractivity contribution in [2.75, 3.05) is 18.5 Å². The average molecular weight is 485 g/mol. The quantitative estimate of drug-likeness (QED) is 0.466. The number of carbonyl (C=O) groups excluding carboxylic acids is 2. The monoisotopic (exact) mass is 484 g/mol. The predicted octanol–water partition coefficient (Wildman–Crippen LogP) is 1.83. The topological polar surface area (TPSA) is 122 Å². The first kappa shape index (κ1) is 23.0. The Morgan fingerprint density at radius 1 is 1.17 bits per heavy atom. The first-order chi connectivity index (χ1) is 13.7. The number of benzene rings is 2. The number of carbonyl (C=O) groups is 2. The van der Waals surface area contributed by atoms with Crippen LogP contribution in [-0.4, -0.2) is 44.7 Å². The number of hydrogen-bond donors (Lipinski definition) is 3. The lowest BCUT2D eigenvalue weighted by molar-refractivity contribution is -0.149. The number of halogens is 1. The molecule has 0 spiro atoms. The van der Waals surface area contributed by atoms with E-state index in [1.807, 2.05) is 13.0 Å². The third-order valence-corrected chi connectivity index (χ3v) is 5.87. The van der Waals surface area contributed by atoms with E-state index in [-0.39, 0.29) is 4.90 Å². The number of rotatable bonds is 9. The molecule has 8 nitrogen and oxygen atoms in total. The van der Waals surface area contributed by atoms with Crippen LogP contribution in [0.15, 0.2) is 57.9 Å². The van der Waals surface area contributed by atoms with Crippen molar-refractivity contribution < 1.29 is 27.9 Å². The second-order valence-corrected chi connectivity index (χ2v) is 8.65. The van der Waals surface area contributed by atoms with E-state index in [0.717, 1.165) is 12.0 Å². The number of ether oxygens (including phenoxy) is 1. The minimum atomic E-state index is -4.06. The maximum Gasteiger partial charge on any atom is 0.327 e. The van der Waals surface area contributed by atoms with E-state index in [1.165, 1.54) is 24.3 Å². The van der Waals surface area contributed by atoms with Crippen molar-refractivity contribution in [2.24, 2.45) is 0 Å². The molecule has 0 aromatic heterocycles. The molecule has 1 unspecified atom stereocenters. The van der Waals surface area contributed by atoms with Crippen LogP contribution in [0.4, 0.5) is 5.69 Å². The molecule has 0 fully saturated rings. The van der Waals surface area contributed by atoms with Crippen LogP contribution in [0, 0.1) is 0 Å². The maximum absolute atomic E-state index is 12.3. The molecule has 2 aromatic carbocycles. The standard InChI is InChI=1S/C19H21BrN2O6S/c1-2-13-4-3-5-15(10-13)21-18(24)12-28-19(25)17(11-23)22-29(26,27)16-8-6-14(20)7-9-16/h3-10,17,22-23H,2,11-12H2,1H3,(H,21,24). The van der Waals surface area contributed by atoms with Gasteiger partial charge in [0, 0.05) is 10.2 Å². The number of amides is 1. The van der Waals surface area contributed by atoms with Crippen LogP contribution >= 0.6 is 15.9 Å². The van der Waals surface area contributed by atoms with E-state index in [9.17, 15) is 23.1 Å². The number of nitrogens with one attached hydrogen (secondary N) is 2. The molecule has 0 bridgehead atoms. The molecule has 10 heteroatoms. The Balaban J connectivity index is 1.93. The molecule has 0 saturated carbocycles. The Morgan fingerprint density at radius 2 is 1.86 bits per heavy atom. The number of esters is 1. The molecule has 0 aliphatic heterocycles. The summed E-state index contributed by atoms with van der Waals surface area (Å²) < 4.78 is 32.3. The summed E-state index contributed by atoms with van der Waals surface area (Å²) in [6, 6.07) is 11.4. The second kappa shape index (κ2) is 10.5. The van der Waals surface area contributed by atoms with Crippen molar-refractivity contribution in [1.82, 2.24) is 4.72 Å². The molecule has 2 rings (SSSR count). The van der Waals surface area contributed by atoms with Crippen LogP contribution in [0.3, 0.4) is 0 Å². The van der Waals surface area contributed by atoms with Crippen molar-refractivity contribution >= 4 is 43.5 Å². The number of hydrogen-bond acceptors (Lipinski definition) is 6. The Bertz CT molecular complexity index is 963. The minimum absolute atomic E-state index is 0.0829. The zero-order valence-electron chi connectivity index (χ0n) is 15.6. The van der Waals surface area contributed by atoms with Gasteiger partial charge in [0.15, 0.2) is 6.61 Å². The summed E-state index contributed by atoms with van der Waals surface area (Å²) in [6.45, 7) is 0.535. The molecular weight excluding hydrogens is 464 g/mol. The molecule has 2 aromatic rings. The molecule has 0 aliphatic rings. The van der Waals surface area contributed by atoms with Crippen molar-refractivity contribution in [2.45, 2.75) is 24.3 Å². The third-order valence-electron chi connectivity index (χ3n) is 3.85. The van der Waals surface area contributed by atoms with Gasteiger partial charge in [0.1, 0.15) is 6.04 Å². The average Bonchev–Trinajstić information content (AvgIpc) is 2.70. The summed E-state index contributed by atoms with van der Waals surface area (Å²) in [5.74, 6) is -1.65. The van der Waals surface area contributed by atoms with E-state index >= 15 is 0 Å². The van der Waals surface area contributed by atoms with Crippen molar-refractivity contribution in [3.8, 4) is 0 Å². The zero-order valence-corrected chi connectivity index (χ0v) is 18.0. The number of aliphatic hydroxyl groups excluding tert-OH is 1. The smallest absolute Gasteiger partial charge is 0.327 e. The third kappa shape index (κ3) is 6.93. The molecule has 29 heavy (non-hydrogen) atoms. The molecule has 1 amide bonds.